The Balaban J connectivity index is 4.28. The standard InChI is InChI=1S/C61H116O6/c1-4-7-10-13-16-19-22-25-28-29-30-31-32-34-36-39-42-45-48-51-54-60(63)66-57-58(56-65-59(62)53-50-47-44-41-38-35-27-24-21-18-15-12-9-6-3)67-61(64)55-52-49-46-43-40-37-33-26-23-20-17-14-11-8-5-2/h24,27,58H,4-23,25-26,28-57H2,1-3H3/b27-24-. The molecule has 0 bridgehead atoms. The minimum Gasteiger partial charge on any atom is -0.462 e. The zero-order chi connectivity index (χ0) is 48.6. The molecule has 0 saturated carbocycles. The second-order valence-electron chi connectivity index (χ2n) is 20.6. The fraction of sp³-hybridized carbons (Fsp3) is 0.918. The molecule has 0 N–H and O–H groups in total. The normalized spacial score (nSPS) is 12.0. The summed E-state index contributed by atoms with van der Waals surface area (Å²) in [6.07, 6.45) is 64.9. The maximum Gasteiger partial charge on any atom is 0.306 e. The van der Waals surface area contributed by atoms with E-state index in [1.54, 1.807) is 0 Å². The molecule has 0 radical (unpaired) electrons. The first-order valence-electron chi connectivity index (χ1n) is 30.2. The Bertz CT molecular complexity index is 1040. The summed E-state index contributed by atoms with van der Waals surface area (Å²) in [5.41, 5.74) is 0. The van der Waals surface area contributed by atoms with Gasteiger partial charge < -0.3 is 14.2 Å². The van der Waals surface area contributed by atoms with Crippen molar-refractivity contribution in [3.63, 3.8) is 0 Å². The number of unbranched alkanes of at least 4 members (excludes halogenated alkanes) is 43. The van der Waals surface area contributed by atoms with Crippen molar-refractivity contribution in [2.45, 2.75) is 348 Å². The van der Waals surface area contributed by atoms with E-state index >= 15 is 0 Å². The first-order valence-corrected chi connectivity index (χ1v) is 30.2. The molecule has 0 aliphatic rings. The van der Waals surface area contributed by atoms with Crippen LogP contribution in [0.3, 0.4) is 0 Å². The quantitative estimate of drug-likeness (QED) is 0.0262. The summed E-state index contributed by atoms with van der Waals surface area (Å²) in [5, 5.41) is 0. The molecule has 1 unspecified atom stereocenters. The van der Waals surface area contributed by atoms with Crippen molar-refractivity contribution in [3.8, 4) is 0 Å². The van der Waals surface area contributed by atoms with E-state index in [4.69, 9.17) is 14.2 Å². The van der Waals surface area contributed by atoms with Gasteiger partial charge in [-0.2, -0.15) is 0 Å². The maximum absolute atomic E-state index is 12.9. The number of allylic oxidation sites excluding steroid dienone is 2. The largest absolute Gasteiger partial charge is 0.462 e. The van der Waals surface area contributed by atoms with Crippen molar-refractivity contribution in [1.82, 2.24) is 0 Å². The molecule has 1 atom stereocenters. The minimum atomic E-state index is -0.768. The highest BCUT2D eigenvalue weighted by molar-refractivity contribution is 5.71. The lowest BCUT2D eigenvalue weighted by Gasteiger charge is -2.18. The summed E-state index contributed by atoms with van der Waals surface area (Å²) in [6.45, 7) is 6.69. The van der Waals surface area contributed by atoms with Crippen LogP contribution in [0.4, 0.5) is 0 Å². The first-order chi connectivity index (χ1) is 33.0. The monoisotopic (exact) mass is 945 g/mol. The molecule has 0 saturated heterocycles. The summed E-state index contributed by atoms with van der Waals surface area (Å²) in [6, 6.07) is 0. The number of carbonyl (C=O) groups excluding carboxylic acids is 3. The van der Waals surface area contributed by atoms with Gasteiger partial charge in [0.2, 0.25) is 0 Å². The Morgan fingerprint density at radius 2 is 0.493 bits per heavy atom. The third kappa shape index (κ3) is 55.0. The lowest BCUT2D eigenvalue weighted by atomic mass is 10.0. The van der Waals surface area contributed by atoms with E-state index in [-0.39, 0.29) is 31.1 Å². The molecule has 0 aromatic rings. The molecule has 0 aromatic carbocycles. The summed E-state index contributed by atoms with van der Waals surface area (Å²) in [7, 11) is 0. The Labute approximate surface area is 418 Å². The number of hydrogen-bond donors (Lipinski definition) is 0. The van der Waals surface area contributed by atoms with Crippen molar-refractivity contribution < 1.29 is 28.6 Å². The second-order valence-corrected chi connectivity index (χ2v) is 20.6. The Morgan fingerprint density at radius 1 is 0.284 bits per heavy atom. The predicted octanol–water partition coefficient (Wildman–Crippen LogP) is 20.1. The molecular formula is C61H116O6. The van der Waals surface area contributed by atoms with Gasteiger partial charge in [-0.05, 0) is 44.9 Å². The molecule has 0 rings (SSSR count). The van der Waals surface area contributed by atoms with E-state index in [0.29, 0.717) is 19.3 Å². The number of rotatable bonds is 56. The van der Waals surface area contributed by atoms with Crippen LogP contribution in [0.2, 0.25) is 0 Å². The van der Waals surface area contributed by atoms with Gasteiger partial charge in [0.15, 0.2) is 6.10 Å². The van der Waals surface area contributed by atoms with E-state index in [9.17, 15) is 14.4 Å². The summed E-state index contributed by atoms with van der Waals surface area (Å²) in [5.74, 6) is -0.848. The molecule has 0 aliphatic heterocycles. The molecule has 0 heterocycles. The first kappa shape index (κ1) is 65.1. The molecule has 0 spiro atoms. The molecule has 67 heavy (non-hydrogen) atoms. The van der Waals surface area contributed by atoms with Gasteiger partial charge in [0.25, 0.3) is 0 Å². The smallest absolute Gasteiger partial charge is 0.306 e. The van der Waals surface area contributed by atoms with E-state index in [2.05, 4.69) is 32.9 Å². The van der Waals surface area contributed by atoms with Crippen molar-refractivity contribution >= 4 is 17.9 Å². The summed E-state index contributed by atoms with van der Waals surface area (Å²) < 4.78 is 16.9. The number of carbonyl (C=O) groups is 3. The zero-order valence-corrected chi connectivity index (χ0v) is 45.5. The van der Waals surface area contributed by atoms with Gasteiger partial charge in [0, 0.05) is 19.3 Å². The number of esters is 3. The fourth-order valence-electron chi connectivity index (χ4n) is 9.21. The average Bonchev–Trinajstić information content (AvgIpc) is 3.33. The van der Waals surface area contributed by atoms with Gasteiger partial charge in [0.1, 0.15) is 13.2 Å². The molecular weight excluding hydrogens is 829 g/mol. The van der Waals surface area contributed by atoms with Crippen LogP contribution < -0.4 is 0 Å². The van der Waals surface area contributed by atoms with Crippen LogP contribution in [0.15, 0.2) is 12.2 Å². The third-order valence-electron chi connectivity index (χ3n) is 13.8. The van der Waals surface area contributed by atoms with Crippen molar-refractivity contribution in [2.24, 2.45) is 0 Å². The van der Waals surface area contributed by atoms with Crippen LogP contribution in [0.5, 0.6) is 0 Å². The van der Waals surface area contributed by atoms with Crippen molar-refractivity contribution in [3.05, 3.63) is 12.2 Å². The SMILES string of the molecule is CCCCCCC/C=C\CCCCCCCC(=O)OCC(COC(=O)CCCCCCCCCCCCCCCCCCCCCC)OC(=O)CCCCCCCCCCCCCCCCC. The molecule has 0 aliphatic carbocycles. The van der Waals surface area contributed by atoms with Gasteiger partial charge in [-0.3, -0.25) is 14.4 Å². The Hall–Kier alpha value is -1.85. The number of hydrogen-bond acceptors (Lipinski definition) is 6. The minimum absolute atomic E-state index is 0.0663. The fourth-order valence-corrected chi connectivity index (χ4v) is 9.21. The average molecular weight is 946 g/mol. The molecule has 396 valence electrons. The van der Waals surface area contributed by atoms with Gasteiger partial charge in [-0.25, -0.2) is 0 Å². The zero-order valence-electron chi connectivity index (χ0n) is 45.5. The van der Waals surface area contributed by atoms with Gasteiger partial charge >= 0.3 is 17.9 Å². The molecule has 6 nitrogen and oxygen atoms in total. The molecule has 6 heteroatoms. The molecule has 0 amide bonds. The lowest BCUT2D eigenvalue weighted by molar-refractivity contribution is -0.167. The Morgan fingerprint density at radius 3 is 0.746 bits per heavy atom. The molecule has 0 aromatic heterocycles. The van der Waals surface area contributed by atoms with E-state index in [0.717, 1.165) is 64.2 Å². The van der Waals surface area contributed by atoms with Crippen LogP contribution in [0.25, 0.3) is 0 Å². The van der Waals surface area contributed by atoms with E-state index < -0.39 is 6.10 Å². The van der Waals surface area contributed by atoms with Crippen LogP contribution in [-0.2, 0) is 28.6 Å². The summed E-state index contributed by atoms with van der Waals surface area (Å²) in [4.78, 5) is 38.2. The van der Waals surface area contributed by atoms with Gasteiger partial charge in [-0.1, -0.05) is 290 Å². The highest BCUT2D eigenvalue weighted by Crippen LogP contribution is 2.18. The molecule has 0 fully saturated rings. The van der Waals surface area contributed by atoms with Gasteiger partial charge in [0.05, 0.1) is 0 Å². The van der Waals surface area contributed by atoms with E-state index in [1.165, 1.54) is 238 Å². The topological polar surface area (TPSA) is 78.9 Å². The van der Waals surface area contributed by atoms with Crippen molar-refractivity contribution in [2.75, 3.05) is 13.2 Å². The maximum atomic E-state index is 12.9. The third-order valence-corrected chi connectivity index (χ3v) is 13.8. The van der Waals surface area contributed by atoms with Crippen LogP contribution >= 0.6 is 0 Å². The Kier molecular flexibility index (Phi) is 55.2. The lowest BCUT2D eigenvalue weighted by Crippen LogP contribution is -2.30. The van der Waals surface area contributed by atoms with Gasteiger partial charge in [-0.15, -0.1) is 0 Å². The van der Waals surface area contributed by atoms with Crippen LogP contribution in [0.1, 0.15) is 342 Å². The van der Waals surface area contributed by atoms with Crippen LogP contribution in [-0.4, -0.2) is 37.2 Å². The van der Waals surface area contributed by atoms with Crippen molar-refractivity contribution in [1.29, 1.82) is 0 Å². The highest BCUT2D eigenvalue weighted by atomic mass is 16.6. The number of ether oxygens (including phenoxy) is 3. The highest BCUT2D eigenvalue weighted by Gasteiger charge is 2.19. The van der Waals surface area contributed by atoms with E-state index in [1.807, 2.05) is 0 Å². The second kappa shape index (κ2) is 56.7. The summed E-state index contributed by atoms with van der Waals surface area (Å²) >= 11 is 0. The predicted molar refractivity (Wildman–Crippen MR) is 289 cm³/mol. The van der Waals surface area contributed by atoms with Crippen LogP contribution in [0, 0.1) is 0 Å².